The van der Waals surface area contributed by atoms with Crippen molar-refractivity contribution in [3.8, 4) is 22.4 Å². The Kier molecular flexibility index (Phi) is 7.51. The van der Waals surface area contributed by atoms with Crippen molar-refractivity contribution in [3.05, 3.63) is 95.9 Å². The maximum atomic E-state index is 13.0. The molecule has 0 bridgehead atoms. The average Bonchev–Trinajstić information content (AvgIpc) is 3.68. The van der Waals surface area contributed by atoms with Gasteiger partial charge in [0.2, 0.25) is 0 Å². The van der Waals surface area contributed by atoms with Gasteiger partial charge in [-0.2, -0.15) is 0 Å². The van der Waals surface area contributed by atoms with Crippen LogP contribution in [0.15, 0.2) is 79.0 Å². The standard InChI is InChI=1S/C31H33N5O3S/c37-31(34-27-12-6-22(7-13-27)21-36-15-17-40(38,39)18-16-36)26-4-1-3-25(19-26)23-8-10-24(11-9-23)29-20-33-30(35-29)28-5-2-14-32-28/h1,3-4,6-13,19-20,28,32H,2,5,14-18,21H2,(H,33,35)(H,34,37)/t28-/m0/s1. The molecule has 0 aliphatic carbocycles. The van der Waals surface area contributed by atoms with Gasteiger partial charge in [-0.3, -0.25) is 9.69 Å². The number of nitrogens with one attached hydrogen (secondary N) is 3. The van der Waals surface area contributed by atoms with Gasteiger partial charge in [-0.15, -0.1) is 0 Å². The molecule has 9 heteroatoms. The first-order chi connectivity index (χ1) is 19.4. The number of imidazole rings is 1. The van der Waals surface area contributed by atoms with Crippen LogP contribution in [-0.4, -0.2) is 60.3 Å². The molecule has 206 valence electrons. The predicted octanol–water partition coefficient (Wildman–Crippen LogP) is 4.65. The second-order valence-electron chi connectivity index (χ2n) is 10.6. The third-order valence-electron chi connectivity index (χ3n) is 7.69. The van der Waals surface area contributed by atoms with Crippen LogP contribution in [0.3, 0.4) is 0 Å². The Morgan fingerprint density at radius 3 is 2.42 bits per heavy atom. The number of carbonyl (C=O) groups is 1. The van der Waals surface area contributed by atoms with E-state index in [1.54, 1.807) is 0 Å². The number of carbonyl (C=O) groups excluding carboxylic acids is 1. The molecular weight excluding hydrogens is 522 g/mol. The molecule has 4 aromatic rings. The highest BCUT2D eigenvalue weighted by Crippen LogP contribution is 2.27. The number of rotatable bonds is 7. The van der Waals surface area contributed by atoms with Gasteiger partial charge in [0, 0.05) is 30.9 Å². The van der Waals surface area contributed by atoms with Crippen LogP contribution in [0.4, 0.5) is 5.69 Å². The van der Waals surface area contributed by atoms with E-state index in [2.05, 4.69) is 49.8 Å². The minimum atomic E-state index is -2.89. The van der Waals surface area contributed by atoms with Gasteiger partial charge >= 0.3 is 0 Å². The molecule has 2 aliphatic rings. The Morgan fingerprint density at radius 2 is 1.70 bits per heavy atom. The van der Waals surface area contributed by atoms with E-state index in [0.29, 0.717) is 31.2 Å². The molecule has 2 fully saturated rings. The summed E-state index contributed by atoms with van der Waals surface area (Å²) >= 11 is 0. The second-order valence-corrected chi connectivity index (χ2v) is 12.9. The van der Waals surface area contributed by atoms with Gasteiger partial charge < -0.3 is 15.6 Å². The van der Waals surface area contributed by atoms with Gasteiger partial charge in [-0.1, -0.05) is 48.5 Å². The van der Waals surface area contributed by atoms with Crippen molar-refractivity contribution in [1.82, 2.24) is 20.2 Å². The van der Waals surface area contributed by atoms with E-state index in [0.717, 1.165) is 52.4 Å². The summed E-state index contributed by atoms with van der Waals surface area (Å²) < 4.78 is 23.3. The Morgan fingerprint density at radius 1 is 0.950 bits per heavy atom. The molecule has 40 heavy (non-hydrogen) atoms. The highest BCUT2D eigenvalue weighted by molar-refractivity contribution is 7.91. The number of sulfone groups is 1. The summed E-state index contributed by atoms with van der Waals surface area (Å²) in [5.74, 6) is 1.25. The van der Waals surface area contributed by atoms with Crippen molar-refractivity contribution in [1.29, 1.82) is 0 Å². The normalized spacial score (nSPS) is 18.9. The van der Waals surface area contributed by atoms with Crippen molar-refractivity contribution in [3.63, 3.8) is 0 Å². The fourth-order valence-corrected chi connectivity index (χ4v) is 6.60. The van der Waals surface area contributed by atoms with Crippen LogP contribution < -0.4 is 10.6 Å². The lowest BCUT2D eigenvalue weighted by atomic mass is 10.0. The number of aromatic amines is 1. The molecule has 3 N–H and O–H groups in total. The summed E-state index contributed by atoms with van der Waals surface area (Å²) in [4.78, 5) is 23.2. The van der Waals surface area contributed by atoms with Crippen LogP contribution in [0.2, 0.25) is 0 Å². The van der Waals surface area contributed by atoms with Gasteiger partial charge in [-0.25, -0.2) is 13.4 Å². The lowest BCUT2D eigenvalue weighted by Gasteiger charge is -2.26. The Bertz CT molecular complexity index is 1580. The summed E-state index contributed by atoms with van der Waals surface area (Å²) in [6.07, 6.45) is 4.17. The second kappa shape index (κ2) is 11.4. The molecule has 1 atom stereocenters. The van der Waals surface area contributed by atoms with Gasteiger partial charge in [0.25, 0.3) is 5.91 Å². The summed E-state index contributed by atoms with van der Waals surface area (Å²) in [5, 5.41) is 6.46. The highest BCUT2D eigenvalue weighted by Gasteiger charge is 2.22. The molecule has 0 radical (unpaired) electrons. The number of hydrogen-bond acceptors (Lipinski definition) is 6. The quantitative estimate of drug-likeness (QED) is 0.307. The topological polar surface area (TPSA) is 107 Å². The maximum absolute atomic E-state index is 13.0. The molecule has 3 heterocycles. The first-order valence-corrected chi connectivity index (χ1v) is 15.6. The number of nitrogens with zero attached hydrogens (tertiary/aromatic N) is 2. The van der Waals surface area contributed by atoms with Gasteiger partial charge in [-0.05, 0) is 65.9 Å². The molecule has 8 nitrogen and oxygen atoms in total. The number of benzene rings is 3. The molecule has 1 amide bonds. The van der Waals surface area contributed by atoms with E-state index in [9.17, 15) is 13.2 Å². The third kappa shape index (κ3) is 6.17. The van der Waals surface area contributed by atoms with Crippen molar-refractivity contribution in [2.75, 3.05) is 36.5 Å². The zero-order valence-electron chi connectivity index (χ0n) is 22.3. The number of amides is 1. The molecular formula is C31H33N5O3S. The van der Waals surface area contributed by atoms with Crippen LogP contribution in [0.5, 0.6) is 0 Å². The molecule has 0 spiro atoms. The summed E-state index contributed by atoms with van der Waals surface area (Å²) in [7, 11) is -2.89. The SMILES string of the molecule is O=C(Nc1ccc(CN2CCS(=O)(=O)CC2)cc1)c1cccc(-c2ccc(-c3cnc([C@@H]4CCCN4)[nH]3)cc2)c1. The maximum Gasteiger partial charge on any atom is 0.255 e. The molecule has 2 aliphatic heterocycles. The Balaban J connectivity index is 1.08. The van der Waals surface area contributed by atoms with E-state index in [4.69, 9.17) is 0 Å². The van der Waals surface area contributed by atoms with Crippen molar-refractivity contribution >= 4 is 21.4 Å². The first-order valence-electron chi connectivity index (χ1n) is 13.7. The Hall–Kier alpha value is -3.79. The lowest BCUT2D eigenvalue weighted by Crippen LogP contribution is -2.39. The van der Waals surface area contributed by atoms with Crippen molar-refractivity contribution in [2.24, 2.45) is 0 Å². The monoisotopic (exact) mass is 555 g/mol. The fourth-order valence-electron chi connectivity index (χ4n) is 5.32. The van der Waals surface area contributed by atoms with Crippen molar-refractivity contribution in [2.45, 2.75) is 25.4 Å². The number of anilines is 1. The van der Waals surface area contributed by atoms with Crippen LogP contribution in [0.1, 0.15) is 40.6 Å². The molecule has 3 aromatic carbocycles. The van der Waals surface area contributed by atoms with E-state index >= 15 is 0 Å². The van der Waals surface area contributed by atoms with Gasteiger partial charge in [0.05, 0.1) is 29.4 Å². The highest BCUT2D eigenvalue weighted by atomic mass is 32.2. The largest absolute Gasteiger partial charge is 0.341 e. The molecule has 6 rings (SSSR count). The van der Waals surface area contributed by atoms with Crippen LogP contribution in [-0.2, 0) is 16.4 Å². The fraction of sp³-hybridized carbons (Fsp3) is 0.290. The first kappa shape index (κ1) is 26.4. The molecule has 1 aromatic heterocycles. The van der Waals surface area contributed by atoms with Gasteiger partial charge in [0.1, 0.15) is 5.82 Å². The van der Waals surface area contributed by atoms with E-state index < -0.39 is 9.84 Å². The van der Waals surface area contributed by atoms with E-state index in [1.165, 1.54) is 6.42 Å². The number of aromatic nitrogens is 2. The average molecular weight is 556 g/mol. The van der Waals surface area contributed by atoms with Crippen molar-refractivity contribution < 1.29 is 13.2 Å². The summed E-state index contributed by atoms with van der Waals surface area (Å²) in [6.45, 7) is 2.85. The minimum absolute atomic E-state index is 0.169. The Labute approximate surface area is 234 Å². The third-order valence-corrected chi connectivity index (χ3v) is 9.30. The van der Waals surface area contributed by atoms with Crippen LogP contribution in [0.25, 0.3) is 22.4 Å². The summed E-state index contributed by atoms with van der Waals surface area (Å²) in [6, 6.07) is 23.9. The number of hydrogen-bond donors (Lipinski definition) is 3. The van der Waals surface area contributed by atoms with Crippen LogP contribution in [0, 0.1) is 0 Å². The zero-order valence-corrected chi connectivity index (χ0v) is 23.1. The molecule has 2 saturated heterocycles. The molecule has 0 saturated carbocycles. The predicted molar refractivity (Wildman–Crippen MR) is 158 cm³/mol. The van der Waals surface area contributed by atoms with Crippen LogP contribution >= 0.6 is 0 Å². The molecule has 0 unspecified atom stereocenters. The zero-order chi connectivity index (χ0) is 27.5. The minimum Gasteiger partial charge on any atom is -0.341 e. The smallest absolute Gasteiger partial charge is 0.255 e. The van der Waals surface area contributed by atoms with E-state index in [-0.39, 0.29) is 17.4 Å². The lowest BCUT2D eigenvalue weighted by molar-refractivity contribution is 0.102. The number of H-pyrrole nitrogens is 1. The van der Waals surface area contributed by atoms with E-state index in [1.807, 2.05) is 54.7 Å². The summed E-state index contributed by atoms with van der Waals surface area (Å²) in [5.41, 5.74) is 6.47. The van der Waals surface area contributed by atoms with Gasteiger partial charge in [0.15, 0.2) is 9.84 Å².